The summed E-state index contributed by atoms with van der Waals surface area (Å²) in [6.07, 6.45) is 8.77. The molecular formula is C8H12N2. The highest BCUT2D eigenvalue weighted by Crippen LogP contribution is 1.98. The Morgan fingerprint density at radius 1 is 1.70 bits per heavy atom. The minimum absolute atomic E-state index is 0.983. The van der Waals surface area contributed by atoms with E-state index in [-0.39, 0.29) is 0 Å². The molecule has 0 saturated carbocycles. The zero-order valence-electron chi connectivity index (χ0n) is 6.41. The van der Waals surface area contributed by atoms with E-state index in [0.29, 0.717) is 0 Å². The molecule has 0 N–H and O–H groups in total. The third kappa shape index (κ3) is 1.26. The van der Waals surface area contributed by atoms with Gasteiger partial charge in [-0.05, 0) is 6.92 Å². The fourth-order valence-electron chi connectivity index (χ4n) is 0.914. The number of hydrogen-bond acceptors (Lipinski definition) is 1. The normalized spacial score (nSPS) is 11.0. The van der Waals surface area contributed by atoms with Crippen LogP contribution in [0.1, 0.15) is 19.7 Å². The predicted octanol–water partition coefficient (Wildman–Crippen LogP) is 1.94. The first kappa shape index (κ1) is 7.06. The van der Waals surface area contributed by atoms with Crippen LogP contribution in [0, 0.1) is 0 Å². The summed E-state index contributed by atoms with van der Waals surface area (Å²) in [5.41, 5.74) is 0. The van der Waals surface area contributed by atoms with E-state index in [2.05, 4.69) is 11.9 Å². The molecule has 0 aliphatic heterocycles. The maximum Gasteiger partial charge on any atom is 0.112 e. The third-order valence-corrected chi connectivity index (χ3v) is 1.37. The van der Waals surface area contributed by atoms with E-state index in [1.807, 2.05) is 36.2 Å². The molecule has 1 aromatic heterocycles. The summed E-state index contributed by atoms with van der Waals surface area (Å²) >= 11 is 0. The molecule has 1 heterocycles. The van der Waals surface area contributed by atoms with Gasteiger partial charge in [0.05, 0.1) is 0 Å². The minimum atomic E-state index is 0.983. The Balaban J connectivity index is 2.90. The molecule has 0 amide bonds. The van der Waals surface area contributed by atoms with Crippen molar-refractivity contribution in [3.63, 3.8) is 0 Å². The summed E-state index contributed by atoms with van der Waals surface area (Å²) in [4.78, 5) is 4.16. The molecular weight excluding hydrogens is 124 g/mol. The highest BCUT2D eigenvalue weighted by atomic mass is 15.0. The fourth-order valence-corrected chi connectivity index (χ4v) is 0.914. The lowest BCUT2D eigenvalue weighted by Crippen LogP contribution is -1.92. The van der Waals surface area contributed by atoms with Crippen molar-refractivity contribution in [2.45, 2.75) is 20.3 Å². The molecule has 0 aliphatic rings. The number of nitrogens with zero attached hydrogens (tertiary/aromatic N) is 2. The van der Waals surface area contributed by atoms with Gasteiger partial charge in [0.2, 0.25) is 0 Å². The number of rotatable bonds is 2. The van der Waals surface area contributed by atoms with E-state index in [9.17, 15) is 0 Å². The molecule has 0 aromatic carbocycles. The van der Waals surface area contributed by atoms with Crippen molar-refractivity contribution in [3.8, 4) is 0 Å². The summed E-state index contributed by atoms with van der Waals surface area (Å²) in [5, 5.41) is 0. The average Bonchev–Trinajstić information content (AvgIpc) is 2.36. The van der Waals surface area contributed by atoms with Gasteiger partial charge in [0.25, 0.3) is 0 Å². The number of hydrogen-bond donors (Lipinski definition) is 0. The second kappa shape index (κ2) is 3.20. The second-order valence-electron chi connectivity index (χ2n) is 2.09. The maximum atomic E-state index is 4.16. The molecule has 2 nitrogen and oxygen atoms in total. The summed E-state index contributed by atoms with van der Waals surface area (Å²) in [6.45, 7) is 4.10. The van der Waals surface area contributed by atoms with Crippen LogP contribution in [0.5, 0.6) is 0 Å². The Bertz CT molecular complexity index is 223. The molecule has 1 rings (SSSR count). The lowest BCUT2D eigenvalue weighted by molar-refractivity contribution is 0.923. The molecule has 10 heavy (non-hydrogen) atoms. The fraction of sp³-hybridized carbons (Fsp3) is 0.375. The van der Waals surface area contributed by atoms with Crippen LogP contribution in [0.25, 0.3) is 6.20 Å². The van der Waals surface area contributed by atoms with Gasteiger partial charge in [-0.2, -0.15) is 0 Å². The van der Waals surface area contributed by atoms with Crippen molar-refractivity contribution in [2.24, 2.45) is 0 Å². The van der Waals surface area contributed by atoms with Gasteiger partial charge in [0, 0.05) is 25.0 Å². The lowest BCUT2D eigenvalue weighted by Gasteiger charge is -1.95. The van der Waals surface area contributed by atoms with Crippen molar-refractivity contribution in [3.05, 3.63) is 24.3 Å². The molecule has 0 unspecified atom stereocenters. The van der Waals surface area contributed by atoms with Gasteiger partial charge in [0.15, 0.2) is 0 Å². The number of aryl methyl sites for hydroxylation is 1. The molecule has 0 atom stereocenters. The lowest BCUT2D eigenvalue weighted by atomic mass is 10.4. The second-order valence-corrected chi connectivity index (χ2v) is 2.09. The smallest absolute Gasteiger partial charge is 0.112 e. The van der Waals surface area contributed by atoms with E-state index in [0.717, 1.165) is 12.2 Å². The van der Waals surface area contributed by atoms with Gasteiger partial charge in [-0.3, -0.25) is 0 Å². The van der Waals surface area contributed by atoms with E-state index in [1.165, 1.54) is 0 Å². The number of imidazole rings is 1. The van der Waals surface area contributed by atoms with Crippen molar-refractivity contribution in [2.75, 3.05) is 0 Å². The first-order chi connectivity index (χ1) is 4.88. The van der Waals surface area contributed by atoms with E-state index in [4.69, 9.17) is 0 Å². The van der Waals surface area contributed by atoms with Gasteiger partial charge in [-0.1, -0.05) is 13.0 Å². The molecule has 2 heteroatoms. The highest BCUT2D eigenvalue weighted by Gasteiger charge is 1.93. The van der Waals surface area contributed by atoms with Crippen LogP contribution in [0.2, 0.25) is 0 Å². The Hall–Kier alpha value is -1.05. The van der Waals surface area contributed by atoms with Crippen LogP contribution in [0.15, 0.2) is 18.5 Å². The van der Waals surface area contributed by atoms with Crippen LogP contribution >= 0.6 is 0 Å². The molecule has 1 aromatic rings. The molecule has 0 radical (unpaired) electrons. The van der Waals surface area contributed by atoms with Crippen molar-refractivity contribution >= 4 is 6.20 Å². The van der Waals surface area contributed by atoms with E-state index >= 15 is 0 Å². The Kier molecular flexibility index (Phi) is 2.26. The molecule has 0 saturated heterocycles. The molecule has 0 aliphatic carbocycles. The monoisotopic (exact) mass is 136 g/mol. The summed E-state index contributed by atoms with van der Waals surface area (Å²) in [6, 6.07) is 0. The number of allylic oxidation sites excluding steroid dienone is 1. The predicted molar refractivity (Wildman–Crippen MR) is 42.6 cm³/mol. The summed E-state index contributed by atoms with van der Waals surface area (Å²) in [5.74, 6) is 1.11. The van der Waals surface area contributed by atoms with Crippen LogP contribution in [-0.4, -0.2) is 9.55 Å². The zero-order valence-corrected chi connectivity index (χ0v) is 6.41. The van der Waals surface area contributed by atoms with Gasteiger partial charge >= 0.3 is 0 Å². The van der Waals surface area contributed by atoms with Gasteiger partial charge in [0.1, 0.15) is 5.82 Å². The Morgan fingerprint density at radius 2 is 2.50 bits per heavy atom. The van der Waals surface area contributed by atoms with E-state index in [1.54, 1.807) is 0 Å². The third-order valence-electron chi connectivity index (χ3n) is 1.37. The van der Waals surface area contributed by atoms with Gasteiger partial charge in [-0.25, -0.2) is 4.98 Å². The molecule has 0 bridgehead atoms. The first-order valence-corrected chi connectivity index (χ1v) is 3.53. The van der Waals surface area contributed by atoms with Crippen molar-refractivity contribution in [1.29, 1.82) is 0 Å². The SMILES string of the molecule is C/C=C/n1ccnc1CC. The summed E-state index contributed by atoms with van der Waals surface area (Å²) in [7, 11) is 0. The summed E-state index contributed by atoms with van der Waals surface area (Å²) < 4.78 is 2.03. The topological polar surface area (TPSA) is 17.8 Å². The van der Waals surface area contributed by atoms with Gasteiger partial charge in [-0.15, -0.1) is 0 Å². The Labute approximate surface area is 61.2 Å². The molecule has 54 valence electrons. The highest BCUT2D eigenvalue weighted by molar-refractivity contribution is 5.23. The quantitative estimate of drug-likeness (QED) is 0.607. The van der Waals surface area contributed by atoms with Gasteiger partial charge < -0.3 is 4.57 Å². The van der Waals surface area contributed by atoms with Crippen molar-refractivity contribution < 1.29 is 0 Å². The maximum absolute atomic E-state index is 4.16. The van der Waals surface area contributed by atoms with Crippen LogP contribution in [0.4, 0.5) is 0 Å². The standard InChI is InChI=1S/C8H12N2/c1-3-6-10-7-5-9-8(10)4-2/h3,5-7H,4H2,1-2H3/b6-3+. The number of aromatic nitrogens is 2. The van der Waals surface area contributed by atoms with E-state index < -0.39 is 0 Å². The first-order valence-electron chi connectivity index (χ1n) is 3.53. The molecule has 0 spiro atoms. The Morgan fingerprint density at radius 3 is 3.10 bits per heavy atom. The largest absolute Gasteiger partial charge is 0.311 e. The van der Waals surface area contributed by atoms with Crippen LogP contribution in [-0.2, 0) is 6.42 Å². The van der Waals surface area contributed by atoms with Crippen LogP contribution in [0.3, 0.4) is 0 Å². The van der Waals surface area contributed by atoms with Crippen LogP contribution < -0.4 is 0 Å². The average molecular weight is 136 g/mol. The molecule has 0 fully saturated rings. The minimum Gasteiger partial charge on any atom is -0.311 e. The zero-order chi connectivity index (χ0) is 7.40. The van der Waals surface area contributed by atoms with Crippen molar-refractivity contribution in [1.82, 2.24) is 9.55 Å².